The fourth-order valence-electron chi connectivity index (χ4n) is 6.16. The molecular weight excluding hydrogens is 484 g/mol. The Labute approximate surface area is 229 Å². The number of para-hydroxylation sites is 2. The third kappa shape index (κ3) is 4.85. The van der Waals surface area contributed by atoms with Gasteiger partial charge in [-0.1, -0.05) is 67.8 Å². The molecule has 2 aliphatic rings. The van der Waals surface area contributed by atoms with Gasteiger partial charge in [0, 0.05) is 18.2 Å². The number of hydrogen-bond donors (Lipinski definition) is 0. The fraction of sp³-hybridized carbons (Fsp3) is 0.265. The van der Waals surface area contributed by atoms with Crippen molar-refractivity contribution in [2.75, 3.05) is 18.1 Å². The number of nitrogens with zero attached hydrogens (tertiary/aromatic N) is 2. The Morgan fingerprint density at radius 1 is 0.769 bits per heavy atom. The van der Waals surface area contributed by atoms with Gasteiger partial charge in [0.05, 0.1) is 6.54 Å². The summed E-state index contributed by atoms with van der Waals surface area (Å²) in [6.07, 6.45) is 7.70. The van der Waals surface area contributed by atoms with Crippen LogP contribution in [-0.2, 0) is 6.42 Å². The molecule has 2 aliphatic carbocycles. The van der Waals surface area contributed by atoms with E-state index >= 15 is 0 Å². The average Bonchev–Trinajstić information content (AvgIpc) is 3.58. The Hall–Kier alpha value is -4.25. The van der Waals surface area contributed by atoms with Gasteiger partial charge in [-0.15, -0.1) is 0 Å². The van der Waals surface area contributed by atoms with E-state index in [4.69, 9.17) is 13.9 Å². The standard InChI is InChI=1S/C34H32N2O3/c1-2-10-25(11-3-1)36(32-15-8-13-29-28-12-5-4-9-24(28)23-30(29)32)21-22-37-26-17-19-27(20-18-26)38-34-35-31-14-6-7-16-33(31)39-34/h4-9,12-20,25H,1-3,10-11,21-23H2. The van der Waals surface area contributed by atoms with Crippen molar-refractivity contribution in [3.05, 3.63) is 102 Å². The molecule has 0 aliphatic heterocycles. The van der Waals surface area contributed by atoms with Gasteiger partial charge in [-0.3, -0.25) is 0 Å². The molecule has 196 valence electrons. The second-order valence-electron chi connectivity index (χ2n) is 10.5. The Morgan fingerprint density at radius 3 is 2.41 bits per heavy atom. The zero-order valence-electron chi connectivity index (χ0n) is 22.0. The van der Waals surface area contributed by atoms with Crippen molar-refractivity contribution in [2.45, 2.75) is 44.6 Å². The lowest BCUT2D eigenvalue weighted by molar-refractivity contribution is 0.308. The molecule has 0 amide bonds. The summed E-state index contributed by atoms with van der Waals surface area (Å²) in [6, 6.07) is 31.5. The van der Waals surface area contributed by atoms with Crippen molar-refractivity contribution >= 4 is 16.8 Å². The molecule has 0 bridgehead atoms. The summed E-state index contributed by atoms with van der Waals surface area (Å²) >= 11 is 0. The van der Waals surface area contributed by atoms with Crippen molar-refractivity contribution in [1.29, 1.82) is 0 Å². The quantitative estimate of drug-likeness (QED) is 0.203. The van der Waals surface area contributed by atoms with Gasteiger partial charge >= 0.3 is 6.08 Å². The molecule has 1 heterocycles. The molecule has 1 fully saturated rings. The molecule has 5 heteroatoms. The van der Waals surface area contributed by atoms with E-state index in [2.05, 4.69) is 52.3 Å². The third-order valence-corrected chi connectivity index (χ3v) is 8.06. The van der Waals surface area contributed by atoms with Gasteiger partial charge in [-0.25, -0.2) is 0 Å². The average molecular weight is 517 g/mol. The second kappa shape index (κ2) is 10.5. The molecule has 0 radical (unpaired) electrons. The monoisotopic (exact) mass is 516 g/mol. The molecule has 7 rings (SSSR count). The lowest BCUT2D eigenvalue weighted by Gasteiger charge is -2.37. The molecule has 1 aromatic heterocycles. The summed E-state index contributed by atoms with van der Waals surface area (Å²) in [5.41, 5.74) is 8.53. The van der Waals surface area contributed by atoms with Gasteiger partial charge in [-0.2, -0.15) is 4.98 Å². The van der Waals surface area contributed by atoms with E-state index in [9.17, 15) is 0 Å². The normalized spacial score (nSPS) is 14.7. The van der Waals surface area contributed by atoms with Crippen molar-refractivity contribution in [3.63, 3.8) is 0 Å². The first-order valence-corrected chi connectivity index (χ1v) is 14.0. The highest BCUT2D eigenvalue weighted by molar-refractivity contribution is 5.82. The van der Waals surface area contributed by atoms with Gasteiger partial charge in [0.25, 0.3) is 0 Å². The summed E-state index contributed by atoms with van der Waals surface area (Å²) in [4.78, 5) is 7.02. The number of benzene rings is 4. The first-order chi connectivity index (χ1) is 19.3. The van der Waals surface area contributed by atoms with Crippen LogP contribution in [0.2, 0.25) is 0 Å². The number of ether oxygens (including phenoxy) is 2. The first-order valence-electron chi connectivity index (χ1n) is 14.0. The number of rotatable bonds is 8. The molecule has 4 aromatic carbocycles. The Balaban J connectivity index is 1.05. The van der Waals surface area contributed by atoms with E-state index in [0.717, 1.165) is 24.2 Å². The molecule has 0 unspecified atom stereocenters. The SMILES string of the molecule is c1ccc2c(c1)Cc1c-2cccc1N(CCOc1ccc(Oc2nc3ccccc3o2)cc1)C1CCCCC1. The van der Waals surface area contributed by atoms with Crippen molar-refractivity contribution in [2.24, 2.45) is 0 Å². The van der Waals surface area contributed by atoms with E-state index in [1.54, 1.807) is 0 Å². The zero-order chi connectivity index (χ0) is 26.0. The molecule has 0 spiro atoms. The van der Waals surface area contributed by atoms with E-state index in [0.29, 0.717) is 24.0 Å². The van der Waals surface area contributed by atoms with Gasteiger partial charge in [0.1, 0.15) is 23.6 Å². The maximum Gasteiger partial charge on any atom is 0.400 e. The highest BCUT2D eigenvalue weighted by Crippen LogP contribution is 2.42. The van der Waals surface area contributed by atoms with E-state index < -0.39 is 0 Å². The summed E-state index contributed by atoms with van der Waals surface area (Å²) in [5, 5.41) is 0. The van der Waals surface area contributed by atoms with Crippen LogP contribution in [0.4, 0.5) is 5.69 Å². The van der Waals surface area contributed by atoms with E-state index in [1.165, 1.54) is 60.0 Å². The topological polar surface area (TPSA) is 47.7 Å². The minimum absolute atomic E-state index is 0.241. The number of aromatic nitrogens is 1. The largest absolute Gasteiger partial charge is 0.492 e. The zero-order valence-corrected chi connectivity index (χ0v) is 22.0. The molecule has 0 saturated heterocycles. The predicted octanol–water partition coefficient (Wildman–Crippen LogP) is 8.41. The Morgan fingerprint density at radius 2 is 1.54 bits per heavy atom. The summed E-state index contributed by atoms with van der Waals surface area (Å²) in [6.45, 7) is 1.48. The van der Waals surface area contributed by atoms with Crippen LogP contribution in [0, 0.1) is 0 Å². The Bertz CT molecular complexity index is 1550. The second-order valence-corrected chi connectivity index (χ2v) is 10.5. The van der Waals surface area contributed by atoms with Crippen LogP contribution in [0.15, 0.2) is 95.4 Å². The molecule has 39 heavy (non-hydrogen) atoms. The van der Waals surface area contributed by atoms with Crippen LogP contribution in [0.25, 0.3) is 22.2 Å². The number of anilines is 1. The van der Waals surface area contributed by atoms with Crippen LogP contribution < -0.4 is 14.4 Å². The van der Waals surface area contributed by atoms with Gasteiger partial charge in [0.15, 0.2) is 5.58 Å². The molecule has 5 aromatic rings. The smallest absolute Gasteiger partial charge is 0.400 e. The maximum atomic E-state index is 6.25. The van der Waals surface area contributed by atoms with Crippen molar-refractivity contribution < 1.29 is 13.9 Å². The molecule has 1 saturated carbocycles. The first kappa shape index (κ1) is 23.8. The predicted molar refractivity (Wildman–Crippen MR) is 155 cm³/mol. The maximum absolute atomic E-state index is 6.25. The lowest BCUT2D eigenvalue weighted by atomic mass is 9.93. The number of hydrogen-bond acceptors (Lipinski definition) is 5. The van der Waals surface area contributed by atoms with Crippen LogP contribution >= 0.6 is 0 Å². The Kier molecular flexibility index (Phi) is 6.41. The van der Waals surface area contributed by atoms with Crippen LogP contribution in [0.1, 0.15) is 43.2 Å². The van der Waals surface area contributed by atoms with E-state index in [-0.39, 0.29) is 6.08 Å². The third-order valence-electron chi connectivity index (χ3n) is 8.06. The minimum Gasteiger partial charge on any atom is -0.492 e. The molecule has 5 nitrogen and oxygen atoms in total. The highest BCUT2D eigenvalue weighted by Gasteiger charge is 2.27. The summed E-state index contributed by atoms with van der Waals surface area (Å²) in [5.74, 6) is 1.49. The highest BCUT2D eigenvalue weighted by atomic mass is 16.6. The number of oxazole rings is 1. The summed E-state index contributed by atoms with van der Waals surface area (Å²) < 4.78 is 17.7. The van der Waals surface area contributed by atoms with Crippen LogP contribution in [0.3, 0.4) is 0 Å². The minimum atomic E-state index is 0.241. The van der Waals surface area contributed by atoms with Crippen molar-refractivity contribution in [3.8, 4) is 28.7 Å². The molecule has 0 atom stereocenters. The number of fused-ring (bicyclic) bond motifs is 4. The van der Waals surface area contributed by atoms with Gasteiger partial charge < -0.3 is 18.8 Å². The summed E-state index contributed by atoms with van der Waals surface area (Å²) in [7, 11) is 0. The van der Waals surface area contributed by atoms with Crippen molar-refractivity contribution in [1.82, 2.24) is 4.98 Å². The van der Waals surface area contributed by atoms with Crippen LogP contribution in [-0.4, -0.2) is 24.2 Å². The lowest BCUT2D eigenvalue weighted by Crippen LogP contribution is -2.40. The van der Waals surface area contributed by atoms with Gasteiger partial charge in [0.2, 0.25) is 0 Å². The van der Waals surface area contributed by atoms with Crippen LogP contribution in [0.5, 0.6) is 17.6 Å². The fourth-order valence-corrected chi connectivity index (χ4v) is 6.16. The van der Waals surface area contributed by atoms with E-state index in [1.807, 2.05) is 48.5 Å². The molecule has 0 N–H and O–H groups in total. The van der Waals surface area contributed by atoms with Gasteiger partial charge in [-0.05, 0) is 77.6 Å². The molecular formula is C34H32N2O3.